The van der Waals surface area contributed by atoms with Crippen molar-refractivity contribution < 1.29 is 0 Å². The van der Waals surface area contributed by atoms with Gasteiger partial charge < -0.3 is 0 Å². The van der Waals surface area contributed by atoms with Gasteiger partial charge in [0.25, 0.3) is 0 Å². The lowest BCUT2D eigenvalue weighted by Gasteiger charge is -1.68. The zero-order chi connectivity index (χ0) is 11.4. The summed E-state index contributed by atoms with van der Waals surface area (Å²) in [5.74, 6) is 0. The van der Waals surface area contributed by atoms with Crippen LogP contribution in [0.25, 0.3) is 0 Å². The summed E-state index contributed by atoms with van der Waals surface area (Å²) in [6, 6.07) is 0. The van der Waals surface area contributed by atoms with E-state index in [0.29, 0.717) is 0 Å². The topological polar surface area (TPSA) is 0 Å². The van der Waals surface area contributed by atoms with E-state index < -0.39 is 0 Å². The molecule has 0 N–H and O–H groups in total. The van der Waals surface area contributed by atoms with Crippen LogP contribution < -0.4 is 0 Å². The van der Waals surface area contributed by atoms with Crippen LogP contribution in [-0.2, 0) is 0 Å². The van der Waals surface area contributed by atoms with Gasteiger partial charge >= 0.3 is 0 Å². The lowest BCUT2D eigenvalue weighted by molar-refractivity contribution is 0.886. The van der Waals surface area contributed by atoms with Crippen molar-refractivity contribution in [1.82, 2.24) is 0 Å². The zero-order valence-corrected chi connectivity index (χ0v) is 11.4. The van der Waals surface area contributed by atoms with Gasteiger partial charge in [0.15, 0.2) is 0 Å². The molecule has 0 amide bonds. The minimum atomic E-state index is 0. The van der Waals surface area contributed by atoms with Crippen LogP contribution in [0.15, 0.2) is 0 Å². The van der Waals surface area contributed by atoms with Crippen molar-refractivity contribution in [3.8, 4) is 0 Å². The van der Waals surface area contributed by atoms with Gasteiger partial charge in [-0.05, 0) is 0 Å². The molecule has 0 heterocycles. The summed E-state index contributed by atoms with van der Waals surface area (Å²) >= 11 is 0. The van der Waals surface area contributed by atoms with Gasteiger partial charge in [-0.2, -0.15) is 0 Å². The van der Waals surface area contributed by atoms with Gasteiger partial charge in [0.2, 0.25) is 0 Å². The average Bonchev–Trinajstić information content (AvgIpc) is 2.29. The fourth-order valence-corrected chi connectivity index (χ4v) is 0. The second kappa shape index (κ2) is 363. The monoisotopic (exact) mass is 194 g/mol. The molecule has 0 radical (unpaired) electrons. The Hall–Kier alpha value is 0. The van der Waals surface area contributed by atoms with Crippen LogP contribution in [0.4, 0.5) is 0 Å². The smallest absolute Gasteiger partial charge is 0.0564 e. The molecule has 0 bridgehead atoms. The molecule has 0 spiro atoms. The Kier molecular flexibility index (Phi) is 1070. The quantitative estimate of drug-likeness (QED) is 0.444. The molecule has 0 aliphatic heterocycles. The largest absolute Gasteiger partial charge is 0.0776 e. The van der Waals surface area contributed by atoms with Crippen molar-refractivity contribution in [2.45, 2.75) is 89.5 Å². The summed E-state index contributed by atoms with van der Waals surface area (Å²) < 4.78 is 0. The van der Waals surface area contributed by atoms with E-state index >= 15 is 0 Å². The van der Waals surface area contributed by atoms with Gasteiger partial charge in [0.1, 0.15) is 0 Å². The summed E-state index contributed by atoms with van der Waals surface area (Å²) in [6.07, 6.45) is 2.64. The maximum Gasteiger partial charge on any atom is -0.0564 e. The van der Waals surface area contributed by atoms with Crippen molar-refractivity contribution >= 4 is 0 Å². The zero-order valence-electron chi connectivity index (χ0n) is 11.4. The highest BCUT2D eigenvalue weighted by Crippen LogP contribution is 1.76. The fourth-order valence-electron chi connectivity index (χ4n) is 0. The van der Waals surface area contributed by atoms with E-state index in [9.17, 15) is 0 Å². The highest BCUT2D eigenvalue weighted by atomic mass is 13.6. The lowest BCUT2D eigenvalue weighted by atomic mass is 10.4. The summed E-state index contributed by atoms with van der Waals surface area (Å²) in [4.78, 5) is 0. The van der Waals surface area contributed by atoms with Crippen LogP contribution in [0.2, 0.25) is 0 Å². The third-order valence-corrected chi connectivity index (χ3v) is 0.500. The maximum atomic E-state index is 2.18. The van der Waals surface area contributed by atoms with Crippen molar-refractivity contribution in [3.63, 3.8) is 0 Å². The standard InChI is InChI=1S/C4H10.4C2H6.CH4/c1-3-4-2;4*1-2;/h3-4H2,1-2H3;4*1-2H3;1H4. The Morgan fingerprint density at radius 2 is 0.538 bits per heavy atom. The third kappa shape index (κ3) is 1200. The van der Waals surface area contributed by atoms with Gasteiger partial charge in [-0.1, -0.05) is 89.5 Å². The predicted octanol–water partition coefficient (Wildman–Crippen LogP) is 6.55. The van der Waals surface area contributed by atoms with E-state index in [1.807, 2.05) is 55.4 Å². The van der Waals surface area contributed by atoms with Crippen LogP contribution in [0.1, 0.15) is 89.5 Å². The maximum absolute atomic E-state index is 2.18. The molecule has 0 aromatic carbocycles. The van der Waals surface area contributed by atoms with E-state index in [-0.39, 0.29) is 7.43 Å². The summed E-state index contributed by atoms with van der Waals surface area (Å²) in [5.41, 5.74) is 0. The van der Waals surface area contributed by atoms with Crippen molar-refractivity contribution in [2.75, 3.05) is 0 Å². The first kappa shape index (κ1) is 38.2. The number of rotatable bonds is 1. The molecule has 0 atom stereocenters. The number of unbranched alkanes of at least 4 members (excludes halogenated alkanes) is 1. The molecule has 13 heavy (non-hydrogen) atoms. The molecule has 0 saturated heterocycles. The summed E-state index contributed by atoms with van der Waals surface area (Å²) in [7, 11) is 0. The van der Waals surface area contributed by atoms with Gasteiger partial charge in [0.05, 0.1) is 0 Å². The van der Waals surface area contributed by atoms with Crippen LogP contribution >= 0.6 is 0 Å². The first-order valence-electron chi connectivity index (χ1n) is 5.91. The molecule has 0 rings (SSSR count). The molecule has 90 valence electrons. The van der Waals surface area contributed by atoms with E-state index in [1.54, 1.807) is 0 Å². The normalized spacial score (nSPS) is 4.15. The molecule has 0 nitrogen and oxygen atoms in total. The molecule has 0 aliphatic carbocycles. The highest BCUT2D eigenvalue weighted by molar-refractivity contribution is 4.12. The molecule has 0 fully saturated rings. The second-order valence-electron chi connectivity index (χ2n) is 1.000. The van der Waals surface area contributed by atoms with Crippen molar-refractivity contribution in [3.05, 3.63) is 0 Å². The molecule has 0 aromatic heterocycles. The van der Waals surface area contributed by atoms with Gasteiger partial charge in [-0.25, -0.2) is 0 Å². The van der Waals surface area contributed by atoms with Crippen LogP contribution in [0, 0.1) is 0 Å². The first-order valence-corrected chi connectivity index (χ1v) is 5.91. The van der Waals surface area contributed by atoms with Crippen molar-refractivity contribution in [2.24, 2.45) is 0 Å². The van der Waals surface area contributed by atoms with Gasteiger partial charge in [-0.3, -0.25) is 0 Å². The van der Waals surface area contributed by atoms with Crippen LogP contribution in [-0.4, -0.2) is 0 Å². The Morgan fingerprint density at radius 3 is 0.538 bits per heavy atom. The average molecular weight is 194 g/mol. The van der Waals surface area contributed by atoms with E-state index in [2.05, 4.69) is 13.8 Å². The molecular formula is C13H38. The Balaban J connectivity index is -0.0000000122. The summed E-state index contributed by atoms with van der Waals surface area (Å²) in [5, 5.41) is 0. The van der Waals surface area contributed by atoms with E-state index in [4.69, 9.17) is 0 Å². The Morgan fingerprint density at radius 1 is 0.462 bits per heavy atom. The fraction of sp³-hybridized carbons (Fsp3) is 1.00. The van der Waals surface area contributed by atoms with Crippen LogP contribution in [0.5, 0.6) is 0 Å². The van der Waals surface area contributed by atoms with Gasteiger partial charge in [0, 0.05) is 0 Å². The number of hydrogen-bond acceptors (Lipinski definition) is 0. The van der Waals surface area contributed by atoms with Gasteiger partial charge in [-0.15, -0.1) is 0 Å². The predicted molar refractivity (Wildman–Crippen MR) is 72.7 cm³/mol. The highest BCUT2D eigenvalue weighted by Gasteiger charge is 1.56. The molecular weight excluding hydrogens is 156 g/mol. The minimum Gasteiger partial charge on any atom is -0.0776 e. The Labute approximate surface area is 90.1 Å². The van der Waals surface area contributed by atoms with Crippen molar-refractivity contribution in [1.29, 1.82) is 0 Å². The molecule has 0 aromatic rings. The first-order chi connectivity index (χ1) is 5.91. The lowest BCUT2D eigenvalue weighted by Crippen LogP contribution is -1.47. The molecule has 0 heteroatoms. The van der Waals surface area contributed by atoms with E-state index in [0.717, 1.165) is 0 Å². The Bertz CT molecular complexity index is 2.00. The molecule has 0 aliphatic rings. The van der Waals surface area contributed by atoms with Crippen LogP contribution in [0.3, 0.4) is 0 Å². The van der Waals surface area contributed by atoms with E-state index in [1.165, 1.54) is 12.8 Å². The third-order valence-electron chi connectivity index (χ3n) is 0.500. The SMILES string of the molecule is C.CC.CC.CC.CC.CCCC. The molecule has 0 saturated carbocycles. The second-order valence-corrected chi connectivity index (χ2v) is 1.000. The molecule has 0 unspecified atom stereocenters. The summed E-state index contributed by atoms with van der Waals surface area (Å²) in [6.45, 7) is 20.4. The minimum absolute atomic E-state index is 0. The number of hydrogen-bond donors (Lipinski definition) is 0.